The summed E-state index contributed by atoms with van der Waals surface area (Å²) in [7, 11) is 5.11. The smallest absolute Gasteiger partial charge is 0.243 e. The fourth-order valence-electron chi connectivity index (χ4n) is 2.42. The Balaban J connectivity index is 1.81. The predicted octanol–water partition coefficient (Wildman–Crippen LogP) is 2.59. The molecule has 2 amide bonds. The lowest BCUT2D eigenvalue weighted by Crippen LogP contribution is -2.40. The number of ether oxygens (including phenoxy) is 1. The van der Waals surface area contributed by atoms with Gasteiger partial charge in [-0.1, -0.05) is 6.07 Å². The Bertz CT molecular complexity index is 760. The van der Waals surface area contributed by atoms with Gasteiger partial charge in [0.05, 0.1) is 20.2 Å². The monoisotopic (exact) mass is 375 g/mol. The first-order valence-corrected chi connectivity index (χ1v) is 9.16. The molecule has 0 bridgehead atoms. The molecule has 1 aromatic heterocycles. The second-order valence-electron chi connectivity index (χ2n) is 6.23. The second-order valence-corrected chi connectivity index (χ2v) is 7.23. The van der Waals surface area contributed by atoms with E-state index in [0.717, 1.165) is 6.54 Å². The summed E-state index contributed by atoms with van der Waals surface area (Å²) in [6, 6.07) is 9.18. The molecule has 7 heteroatoms. The Morgan fingerprint density at radius 3 is 2.62 bits per heavy atom. The van der Waals surface area contributed by atoms with Crippen molar-refractivity contribution in [2.45, 2.75) is 13.5 Å². The van der Waals surface area contributed by atoms with Crippen LogP contribution in [0.4, 0.5) is 5.69 Å². The predicted molar refractivity (Wildman–Crippen MR) is 105 cm³/mol. The molecule has 0 saturated heterocycles. The van der Waals surface area contributed by atoms with Crippen molar-refractivity contribution in [3.8, 4) is 5.75 Å². The summed E-state index contributed by atoms with van der Waals surface area (Å²) in [5, 5.41) is 4.83. The normalized spacial score (nSPS) is 10.7. The van der Waals surface area contributed by atoms with Crippen molar-refractivity contribution >= 4 is 28.8 Å². The number of anilines is 1. The van der Waals surface area contributed by atoms with Gasteiger partial charge in [0.25, 0.3) is 0 Å². The molecular formula is C19H25N3O3S. The summed E-state index contributed by atoms with van der Waals surface area (Å²) in [6.07, 6.45) is 0. The average Bonchev–Trinajstić information content (AvgIpc) is 2.99. The number of hydrogen-bond acceptors (Lipinski definition) is 5. The van der Waals surface area contributed by atoms with E-state index in [1.807, 2.05) is 11.9 Å². The van der Waals surface area contributed by atoms with Crippen molar-refractivity contribution in [2.75, 3.05) is 39.6 Å². The standard InChI is InChI=1S/C19H25N3O3S/c1-14-8-9-26-17(14)11-21(2)13-19(24)22(3)12-18(23)20-15-6-5-7-16(10-15)25-4/h5-10H,11-13H2,1-4H3,(H,20,23). The number of hydrogen-bond donors (Lipinski definition) is 1. The van der Waals surface area contributed by atoms with Gasteiger partial charge in [-0.2, -0.15) is 0 Å². The third kappa shape index (κ3) is 5.86. The molecule has 0 atom stereocenters. The van der Waals surface area contributed by atoms with Gasteiger partial charge < -0.3 is 15.0 Å². The van der Waals surface area contributed by atoms with Gasteiger partial charge in [-0.25, -0.2) is 0 Å². The van der Waals surface area contributed by atoms with Gasteiger partial charge in [-0.3, -0.25) is 14.5 Å². The number of likely N-dealkylation sites (N-methyl/N-ethyl adjacent to an activating group) is 2. The summed E-state index contributed by atoms with van der Waals surface area (Å²) in [5.41, 5.74) is 1.88. The van der Waals surface area contributed by atoms with Crippen LogP contribution in [0.5, 0.6) is 5.75 Å². The minimum Gasteiger partial charge on any atom is -0.497 e. The fourth-order valence-corrected chi connectivity index (χ4v) is 3.41. The first kappa shape index (κ1) is 19.9. The molecule has 0 saturated carbocycles. The lowest BCUT2D eigenvalue weighted by Gasteiger charge is -2.21. The molecule has 0 radical (unpaired) electrons. The van der Waals surface area contributed by atoms with Crippen molar-refractivity contribution in [1.82, 2.24) is 9.80 Å². The number of nitrogens with one attached hydrogen (secondary N) is 1. The second kappa shape index (κ2) is 9.35. The minimum atomic E-state index is -0.245. The summed E-state index contributed by atoms with van der Waals surface area (Å²) >= 11 is 1.69. The highest BCUT2D eigenvalue weighted by atomic mass is 32.1. The molecule has 6 nitrogen and oxygen atoms in total. The fraction of sp³-hybridized carbons (Fsp3) is 0.368. The zero-order chi connectivity index (χ0) is 19.1. The third-order valence-corrected chi connectivity index (χ3v) is 4.95. The third-order valence-electron chi connectivity index (χ3n) is 3.95. The van der Waals surface area contributed by atoms with Crippen molar-refractivity contribution in [2.24, 2.45) is 0 Å². The molecule has 0 aliphatic carbocycles. The maximum Gasteiger partial charge on any atom is 0.243 e. The number of aryl methyl sites for hydroxylation is 1. The molecular weight excluding hydrogens is 350 g/mol. The van der Waals surface area contributed by atoms with Crippen LogP contribution >= 0.6 is 11.3 Å². The average molecular weight is 375 g/mol. The number of carbonyl (C=O) groups excluding carboxylic acids is 2. The highest BCUT2D eigenvalue weighted by Crippen LogP contribution is 2.17. The van der Waals surface area contributed by atoms with Crippen molar-refractivity contribution in [1.29, 1.82) is 0 Å². The molecule has 1 heterocycles. The molecule has 0 aliphatic rings. The van der Waals surface area contributed by atoms with Crippen LogP contribution in [-0.2, 0) is 16.1 Å². The van der Waals surface area contributed by atoms with E-state index in [0.29, 0.717) is 11.4 Å². The largest absolute Gasteiger partial charge is 0.497 e. The number of thiophene rings is 1. The Kier molecular flexibility index (Phi) is 7.17. The summed E-state index contributed by atoms with van der Waals surface area (Å²) in [5.74, 6) is 0.325. The molecule has 2 aromatic rings. The van der Waals surface area contributed by atoms with Crippen LogP contribution in [0.15, 0.2) is 35.7 Å². The van der Waals surface area contributed by atoms with Crippen LogP contribution in [-0.4, -0.2) is 55.9 Å². The number of amides is 2. The van der Waals surface area contributed by atoms with Crippen LogP contribution in [0.1, 0.15) is 10.4 Å². The van der Waals surface area contributed by atoms with Crippen molar-refractivity contribution in [3.63, 3.8) is 0 Å². The van der Waals surface area contributed by atoms with Gasteiger partial charge in [0.15, 0.2) is 0 Å². The van der Waals surface area contributed by atoms with E-state index in [1.54, 1.807) is 49.8 Å². The molecule has 140 valence electrons. The van der Waals surface area contributed by atoms with Crippen LogP contribution in [0.3, 0.4) is 0 Å². The van der Waals surface area contributed by atoms with E-state index in [4.69, 9.17) is 4.74 Å². The van der Waals surface area contributed by atoms with Crippen molar-refractivity contribution < 1.29 is 14.3 Å². The maximum atomic E-state index is 12.3. The zero-order valence-corrected chi connectivity index (χ0v) is 16.4. The number of carbonyl (C=O) groups is 2. The highest BCUT2D eigenvalue weighted by molar-refractivity contribution is 7.10. The SMILES string of the molecule is COc1cccc(NC(=O)CN(C)C(=O)CN(C)Cc2sccc2C)c1. The minimum absolute atomic E-state index is 0.00190. The summed E-state index contributed by atoms with van der Waals surface area (Å²) in [6.45, 7) is 3.05. The Morgan fingerprint density at radius 2 is 1.96 bits per heavy atom. The summed E-state index contributed by atoms with van der Waals surface area (Å²) < 4.78 is 5.13. The number of methoxy groups -OCH3 is 1. The number of rotatable bonds is 8. The Labute approximate surface area is 158 Å². The maximum absolute atomic E-state index is 12.3. The van der Waals surface area contributed by atoms with E-state index < -0.39 is 0 Å². The van der Waals surface area contributed by atoms with E-state index in [2.05, 4.69) is 23.7 Å². The molecule has 0 aliphatic heterocycles. The summed E-state index contributed by atoms with van der Waals surface area (Å²) in [4.78, 5) is 29.1. The topological polar surface area (TPSA) is 61.9 Å². The van der Waals surface area contributed by atoms with E-state index >= 15 is 0 Å². The Hall–Kier alpha value is -2.38. The number of benzene rings is 1. The molecule has 1 N–H and O–H groups in total. The molecule has 26 heavy (non-hydrogen) atoms. The Morgan fingerprint density at radius 1 is 1.19 bits per heavy atom. The van der Waals surface area contributed by atoms with Gasteiger partial charge in [-0.05, 0) is 43.1 Å². The van der Waals surface area contributed by atoms with E-state index in [1.165, 1.54) is 15.3 Å². The van der Waals surface area contributed by atoms with E-state index in [9.17, 15) is 9.59 Å². The van der Waals surface area contributed by atoms with Gasteiger partial charge in [0.2, 0.25) is 11.8 Å². The molecule has 0 unspecified atom stereocenters. The van der Waals surface area contributed by atoms with Gasteiger partial charge in [0, 0.05) is 30.2 Å². The van der Waals surface area contributed by atoms with Crippen LogP contribution < -0.4 is 10.1 Å². The van der Waals surface area contributed by atoms with Crippen molar-refractivity contribution in [3.05, 3.63) is 46.2 Å². The lowest BCUT2D eigenvalue weighted by atomic mass is 10.3. The first-order valence-electron chi connectivity index (χ1n) is 8.28. The lowest BCUT2D eigenvalue weighted by molar-refractivity contribution is -0.134. The molecule has 1 aromatic carbocycles. The van der Waals surface area contributed by atoms with Gasteiger partial charge >= 0.3 is 0 Å². The van der Waals surface area contributed by atoms with Crippen LogP contribution in [0.2, 0.25) is 0 Å². The molecule has 2 rings (SSSR count). The quantitative estimate of drug-likeness (QED) is 0.770. The zero-order valence-electron chi connectivity index (χ0n) is 15.6. The van der Waals surface area contributed by atoms with Crippen LogP contribution in [0, 0.1) is 6.92 Å². The molecule has 0 spiro atoms. The van der Waals surface area contributed by atoms with Gasteiger partial charge in [0.1, 0.15) is 5.75 Å². The first-order chi connectivity index (χ1) is 12.4. The van der Waals surface area contributed by atoms with Gasteiger partial charge in [-0.15, -0.1) is 11.3 Å². The molecule has 0 fully saturated rings. The van der Waals surface area contributed by atoms with Crippen LogP contribution in [0.25, 0.3) is 0 Å². The van der Waals surface area contributed by atoms with E-state index in [-0.39, 0.29) is 24.9 Å². The highest BCUT2D eigenvalue weighted by Gasteiger charge is 2.16. The number of nitrogens with zero attached hydrogens (tertiary/aromatic N) is 2.